The Morgan fingerprint density at radius 2 is 1.51 bits per heavy atom. The topological polar surface area (TPSA) is 312 Å². The first-order valence-corrected chi connectivity index (χ1v) is 17.0. The lowest BCUT2D eigenvalue weighted by atomic mass is 10.2. The summed E-state index contributed by atoms with van der Waals surface area (Å²) in [4.78, 5) is 53.8. The number of ether oxygens (including phenoxy) is 1. The van der Waals surface area contributed by atoms with Gasteiger partial charge in [-0.15, -0.1) is 0 Å². The summed E-state index contributed by atoms with van der Waals surface area (Å²) in [6.45, 7) is -0.865. The van der Waals surface area contributed by atoms with Crippen LogP contribution in [0.1, 0.15) is 38.3 Å². The van der Waals surface area contributed by atoms with Gasteiger partial charge in [0, 0.05) is 12.6 Å². The molecule has 9 N–H and O–H groups in total. The molecule has 0 spiro atoms. The molecular formula is C15H30N4O16P4. The Kier molecular flexibility index (Phi) is 12.6. The lowest BCUT2D eigenvalue weighted by Gasteiger charge is -2.21. The molecule has 0 amide bonds. The van der Waals surface area contributed by atoms with Gasteiger partial charge in [-0.1, -0.05) is 12.8 Å². The molecule has 1 fully saturated rings. The molecule has 0 saturated carbocycles. The van der Waals surface area contributed by atoms with Crippen molar-refractivity contribution in [2.24, 2.45) is 5.73 Å². The molecule has 1 aliphatic rings. The number of nitrogens with zero attached hydrogens (tertiary/aromatic N) is 2. The predicted molar refractivity (Wildman–Crippen MR) is 129 cm³/mol. The largest absolute Gasteiger partial charge is 0.490 e. The average molecular weight is 646 g/mol. The zero-order chi connectivity index (χ0) is 29.5. The fourth-order valence-electron chi connectivity index (χ4n) is 3.10. The van der Waals surface area contributed by atoms with E-state index in [-0.39, 0.29) is 25.3 Å². The summed E-state index contributed by atoms with van der Waals surface area (Å²) in [5, 5.41) is 10.1. The number of aliphatic hydroxyl groups is 1. The van der Waals surface area contributed by atoms with Gasteiger partial charge in [0.1, 0.15) is 18.1 Å². The Morgan fingerprint density at radius 1 is 0.949 bits per heavy atom. The second kappa shape index (κ2) is 14.3. The highest BCUT2D eigenvalue weighted by Gasteiger charge is 2.46. The van der Waals surface area contributed by atoms with Crippen LogP contribution in [0.15, 0.2) is 17.1 Å². The maximum atomic E-state index is 12.1. The monoisotopic (exact) mass is 646 g/mol. The van der Waals surface area contributed by atoms with E-state index < -0.39 is 62.0 Å². The number of anilines is 1. The molecule has 7 atom stereocenters. The number of unbranched alkanes of at least 4 members (excludes halogenated alkanes) is 3. The molecule has 1 aromatic heterocycles. The second-order valence-corrected chi connectivity index (χ2v) is 14.1. The van der Waals surface area contributed by atoms with Crippen LogP contribution in [-0.4, -0.2) is 66.2 Å². The molecule has 4 unspecified atom stereocenters. The number of phosphoric acid groups is 4. The van der Waals surface area contributed by atoms with Gasteiger partial charge in [-0.25, -0.2) is 23.1 Å². The Labute approximate surface area is 221 Å². The van der Waals surface area contributed by atoms with Crippen molar-refractivity contribution in [1.29, 1.82) is 0 Å². The number of aliphatic hydroxyl groups excluding tert-OH is 1. The molecule has 2 heterocycles. The van der Waals surface area contributed by atoms with Crippen LogP contribution < -0.4 is 17.2 Å². The highest BCUT2D eigenvalue weighted by Crippen LogP contribution is 2.71. The third kappa shape index (κ3) is 12.3. The molecule has 1 saturated heterocycles. The van der Waals surface area contributed by atoms with Crippen molar-refractivity contribution in [1.82, 2.24) is 9.55 Å². The summed E-state index contributed by atoms with van der Waals surface area (Å²) in [6, 6.07) is 1.28. The van der Waals surface area contributed by atoms with Crippen LogP contribution in [0.3, 0.4) is 0 Å². The van der Waals surface area contributed by atoms with Crippen LogP contribution in [-0.2, 0) is 45.0 Å². The van der Waals surface area contributed by atoms with Gasteiger partial charge in [0.25, 0.3) is 0 Å². The summed E-state index contributed by atoms with van der Waals surface area (Å²) >= 11 is 0. The highest BCUT2D eigenvalue weighted by molar-refractivity contribution is 7.69. The first-order valence-electron chi connectivity index (χ1n) is 11.1. The lowest BCUT2D eigenvalue weighted by molar-refractivity contribution is -0.0449. The van der Waals surface area contributed by atoms with Crippen LogP contribution in [0.5, 0.6) is 0 Å². The fraction of sp³-hybridized carbons (Fsp3) is 0.733. The van der Waals surface area contributed by atoms with Gasteiger partial charge in [0.2, 0.25) is 0 Å². The standard InChI is InChI=1S/C15H30N4O16P4/c16-6-3-1-2-4-8-30-36(22,23)33-38(26,27)35-39(28,29)34-37(24,25)31-10-12-11(20)9-14(32-12)19-7-5-13(17)18-15(19)21/h5,7,11-12,14,20H,1-4,6,8-10,16H2,(H,22,23)(H,24,25)(H,26,27)(H,28,29)(H2,17,18,21)/t11-,12-,14-/m1/s1. The highest BCUT2D eigenvalue weighted by atomic mass is 31.3. The number of nitrogens with two attached hydrogens (primary N) is 2. The number of hydrogen-bond donors (Lipinski definition) is 7. The van der Waals surface area contributed by atoms with Gasteiger partial charge in [-0.05, 0) is 25.5 Å². The minimum Gasteiger partial charge on any atom is -0.390 e. The second-order valence-electron chi connectivity index (χ2n) is 7.93. The summed E-state index contributed by atoms with van der Waals surface area (Å²) in [6.07, 6.45) is -0.501. The predicted octanol–water partition coefficient (Wildman–Crippen LogP) is 0.478. The third-order valence-corrected chi connectivity index (χ3v) is 10.7. The zero-order valence-corrected chi connectivity index (χ0v) is 23.7. The molecule has 0 aromatic carbocycles. The van der Waals surface area contributed by atoms with E-state index in [2.05, 4.69) is 27.0 Å². The SMILES string of the molecule is NCCCCCCOP(=O)(O)OP(=O)(O)OP(=O)(O)OP(=O)(O)OC[C@H]1O[C@@H](n2ccc(N)nc2=O)C[C@H]1O. The van der Waals surface area contributed by atoms with Gasteiger partial charge in [-0.2, -0.15) is 17.9 Å². The van der Waals surface area contributed by atoms with Crippen molar-refractivity contribution in [3.05, 3.63) is 22.7 Å². The van der Waals surface area contributed by atoms with E-state index in [9.17, 15) is 47.7 Å². The van der Waals surface area contributed by atoms with Crippen molar-refractivity contribution in [2.75, 3.05) is 25.5 Å². The first-order chi connectivity index (χ1) is 17.9. The van der Waals surface area contributed by atoms with Crippen molar-refractivity contribution in [2.45, 2.75) is 50.5 Å². The zero-order valence-electron chi connectivity index (χ0n) is 20.1. The minimum absolute atomic E-state index is 0.0649. The Morgan fingerprint density at radius 3 is 2.10 bits per heavy atom. The smallest absolute Gasteiger partial charge is 0.390 e. The maximum absolute atomic E-state index is 12.1. The van der Waals surface area contributed by atoms with E-state index in [0.717, 1.165) is 4.57 Å². The van der Waals surface area contributed by atoms with Gasteiger partial charge in [-0.3, -0.25) is 13.6 Å². The van der Waals surface area contributed by atoms with Crippen LogP contribution >= 0.6 is 31.3 Å². The average Bonchev–Trinajstić information content (AvgIpc) is 3.12. The number of hydrogen-bond acceptors (Lipinski definition) is 15. The van der Waals surface area contributed by atoms with E-state index >= 15 is 0 Å². The van der Waals surface area contributed by atoms with E-state index in [1.165, 1.54) is 12.3 Å². The summed E-state index contributed by atoms with van der Waals surface area (Å²) in [5.74, 6) is -0.0649. The number of phosphoric ester groups is 2. The molecule has 0 bridgehead atoms. The van der Waals surface area contributed by atoms with Crippen LogP contribution in [0.2, 0.25) is 0 Å². The summed E-state index contributed by atoms with van der Waals surface area (Å²) in [5.41, 5.74) is 9.91. The molecule has 1 aliphatic heterocycles. The molecule has 20 nitrogen and oxygen atoms in total. The molecule has 39 heavy (non-hydrogen) atoms. The molecule has 0 aliphatic carbocycles. The van der Waals surface area contributed by atoms with Gasteiger partial charge < -0.3 is 40.9 Å². The lowest BCUT2D eigenvalue weighted by Crippen LogP contribution is -2.28. The summed E-state index contributed by atoms with van der Waals surface area (Å²) in [7, 11) is -22.7. The quantitative estimate of drug-likeness (QED) is 0.0893. The van der Waals surface area contributed by atoms with Crippen molar-refractivity contribution in [3.63, 3.8) is 0 Å². The number of rotatable bonds is 17. The molecule has 1 aromatic rings. The van der Waals surface area contributed by atoms with E-state index in [4.69, 9.17) is 16.2 Å². The Bertz CT molecular complexity index is 1210. The molecule has 0 radical (unpaired) electrons. The Hall–Kier alpha value is -0.880. The molecule has 226 valence electrons. The van der Waals surface area contributed by atoms with Gasteiger partial charge >= 0.3 is 37.0 Å². The first kappa shape index (κ1) is 34.3. The van der Waals surface area contributed by atoms with Crippen LogP contribution in [0.25, 0.3) is 0 Å². The molecule has 2 rings (SSSR count). The van der Waals surface area contributed by atoms with E-state index in [1.807, 2.05) is 0 Å². The Balaban J connectivity index is 1.88. The normalized spacial score (nSPS) is 25.8. The number of nitrogen functional groups attached to an aromatic ring is 1. The minimum atomic E-state index is -5.96. The maximum Gasteiger partial charge on any atom is 0.490 e. The number of aromatic nitrogens is 2. The summed E-state index contributed by atoms with van der Waals surface area (Å²) < 4.78 is 74.6. The third-order valence-electron chi connectivity index (χ3n) is 4.74. The van der Waals surface area contributed by atoms with Gasteiger partial charge in [0.05, 0.1) is 19.3 Å². The molecular weight excluding hydrogens is 616 g/mol. The van der Waals surface area contributed by atoms with Crippen molar-refractivity contribution < 1.29 is 69.7 Å². The van der Waals surface area contributed by atoms with Crippen molar-refractivity contribution in [3.8, 4) is 0 Å². The van der Waals surface area contributed by atoms with Gasteiger partial charge in [0.15, 0.2) is 0 Å². The van der Waals surface area contributed by atoms with E-state index in [1.54, 1.807) is 0 Å². The van der Waals surface area contributed by atoms with Crippen molar-refractivity contribution >= 4 is 37.1 Å². The molecule has 24 heteroatoms. The van der Waals surface area contributed by atoms with Crippen LogP contribution in [0, 0.1) is 0 Å². The fourth-order valence-corrected chi connectivity index (χ4v) is 8.07. The van der Waals surface area contributed by atoms with E-state index in [0.29, 0.717) is 25.8 Å². The van der Waals surface area contributed by atoms with Crippen LogP contribution in [0.4, 0.5) is 5.82 Å².